The van der Waals surface area contributed by atoms with E-state index in [1.165, 1.54) is 0 Å². The number of amides is 2. The highest BCUT2D eigenvalue weighted by atomic mass is 16.2. The molecule has 0 spiro atoms. The van der Waals surface area contributed by atoms with E-state index in [1.54, 1.807) is 13.1 Å². The average Bonchev–Trinajstić information content (AvgIpc) is 2.89. The second-order valence-electron chi connectivity index (χ2n) is 9.27. The molecule has 4 rings (SSSR count). The molecule has 1 saturated heterocycles. The first kappa shape index (κ1) is 24.5. The summed E-state index contributed by atoms with van der Waals surface area (Å²) in [5.74, 6) is -0.184. The van der Waals surface area contributed by atoms with E-state index in [2.05, 4.69) is 39.6 Å². The quantitative estimate of drug-likeness (QED) is 0.565. The minimum Gasteiger partial charge on any atom is -0.369 e. The molecule has 0 bridgehead atoms. The van der Waals surface area contributed by atoms with Gasteiger partial charge in [-0.25, -0.2) is 0 Å². The fourth-order valence-electron chi connectivity index (χ4n) is 4.45. The summed E-state index contributed by atoms with van der Waals surface area (Å²) in [6.45, 7) is 7.95. The van der Waals surface area contributed by atoms with Gasteiger partial charge in [0.05, 0.1) is 6.04 Å². The molecule has 0 saturated carbocycles. The number of rotatable bonds is 6. The molecule has 3 aromatic carbocycles. The van der Waals surface area contributed by atoms with Crippen molar-refractivity contribution in [3.8, 4) is 11.1 Å². The van der Waals surface area contributed by atoms with Gasteiger partial charge < -0.3 is 20.4 Å². The second-order valence-corrected chi connectivity index (χ2v) is 9.27. The molecule has 1 aliphatic rings. The number of hydrogen-bond acceptors (Lipinski definition) is 4. The van der Waals surface area contributed by atoms with Crippen molar-refractivity contribution in [2.75, 3.05) is 45.2 Å². The normalized spacial score (nSPS) is 14.9. The number of hydrogen-bond donors (Lipinski definition) is 2. The Kier molecular flexibility index (Phi) is 7.51. The highest BCUT2D eigenvalue weighted by molar-refractivity contribution is 5.97. The van der Waals surface area contributed by atoms with Crippen molar-refractivity contribution in [3.63, 3.8) is 0 Å². The molecule has 1 atom stereocenters. The molecule has 0 aliphatic carbocycles. The van der Waals surface area contributed by atoms with Gasteiger partial charge in [0.2, 0.25) is 0 Å². The maximum absolute atomic E-state index is 13.3. The summed E-state index contributed by atoms with van der Waals surface area (Å²) < 4.78 is 0. The molecule has 6 nitrogen and oxygen atoms in total. The summed E-state index contributed by atoms with van der Waals surface area (Å²) in [7, 11) is 3.77. The molecule has 6 heteroatoms. The van der Waals surface area contributed by atoms with E-state index >= 15 is 0 Å². The molecule has 182 valence electrons. The number of carbonyl (C=O) groups is 2. The number of aryl methyl sites for hydroxylation is 1. The third kappa shape index (κ3) is 5.72. The standard InChI is InChI=1S/C29H34N4O2/c1-20-11-12-26(33-15-13-32(4)14-16-33)19-27(20)29(35)31-21(2)22-7-5-8-23(17-22)24-9-6-10-25(18-24)28(34)30-3/h5-12,17-19,21H,13-16H2,1-4H3,(H,30,34)(H,31,35)/t21-/m1/s1. The van der Waals surface area contributed by atoms with Gasteiger partial charge >= 0.3 is 0 Å². The first-order valence-electron chi connectivity index (χ1n) is 12.1. The summed E-state index contributed by atoms with van der Waals surface area (Å²) in [6, 6.07) is 21.6. The number of nitrogens with zero attached hydrogens (tertiary/aromatic N) is 2. The van der Waals surface area contributed by atoms with Crippen LogP contribution in [0.4, 0.5) is 5.69 Å². The van der Waals surface area contributed by atoms with E-state index in [0.29, 0.717) is 11.1 Å². The third-order valence-electron chi connectivity index (χ3n) is 6.75. The van der Waals surface area contributed by atoms with Crippen molar-refractivity contribution in [2.24, 2.45) is 0 Å². The van der Waals surface area contributed by atoms with E-state index in [-0.39, 0.29) is 17.9 Å². The van der Waals surface area contributed by atoms with Crippen molar-refractivity contribution >= 4 is 17.5 Å². The van der Waals surface area contributed by atoms with Gasteiger partial charge in [-0.1, -0.05) is 36.4 Å². The molecular weight excluding hydrogens is 436 g/mol. The van der Waals surface area contributed by atoms with Crippen LogP contribution in [0.15, 0.2) is 66.7 Å². The number of piperazine rings is 1. The topological polar surface area (TPSA) is 64.7 Å². The summed E-state index contributed by atoms with van der Waals surface area (Å²) in [5.41, 5.74) is 6.36. The van der Waals surface area contributed by atoms with Crippen molar-refractivity contribution in [1.82, 2.24) is 15.5 Å². The Morgan fingerprint density at radius 2 is 1.54 bits per heavy atom. The maximum Gasteiger partial charge on any atom is 0.252 e. The fourth-order valence-corrected chi connectivity index (χ4v) is 4.45. The van der Waals surface area contributed by atoms with E-state index in [0.717, 1.165) is 54.1 Å². The van der Waals surface area contributed by atoms with Gasteiger partial charge in [0, 0.05) is 50.0 Å². The predicted octanol–water partition coefficient (Wildman–Crippen LogP) is 4.26. The van der Waals surface area contributed by atoms with Crippen molar-refractivity contribution in [3.05, 3.63) is 89.0 Å². The smallest absolute Gasteiger partial charge is 0.252 e. The van der Waals surface area contributed by atoms with Crippen LogP contribution in [0.5, 0.6) is 0 Å². The lowest BCUT2D eigenvalue weighted by molar-refractivity contribution is 0.0936. The van der Waals surface area contributed by atoms with E-state index < -0.39 is 0 Å². The Labute approximate surface area is 207 Å². The molecule has 3 aromatic rings. The summed E-state index contributed by atoms with van der Waals surface area (Å²) in [6.07, 6.45) is 0. The first-order valence-corrected chi connectivity index (χ1v) is 12.1. The van der Waals surface area contributed by atoms with Crippen LogP contribution in [0.3, 0.4) is 0 Å². The molecule has 0 aromatic heterocycles. The minimum atomic E-state index is -0.170. The first-order chi connectivity index (χ1) is 16.9. The zero-order valence-corrected chi connectivity index (χ0v) is 21.0. The number of benzene rings is 3. The van der Waals surface area contributed by atoms with Gasteiger partial charge in [-0.2, -0.15) is 0 Å². The lowest BCUT2D eigenvalue weighted by atomic mass is 9.98. The Morgan fingerprint density at radius 3 is 2.26 bits per heavy atom. The maximum atomic E-state index is 13.3. The lowest BCUT2D eigenvalue weighted by Crippen LogP contribution is -2.44. The Balaban J connectivity index is 1.51. The molecule has 35 heavy (non-hydrogen) atoms. The second kappa shape index (κ2) is 10.7. The largest absolute Gasteiger partial charge is 0.369 e. The van der Waals surface area contributed by atoms with Crippen LogP contribution >= 0.6 is 0 Å². The molecule has 0 unspecified atom stereocenters. The molecule has 1 fully saturated rings. The summed E-state index contributed by atoms with van der Waals surface area (Å²) in [4.78, 5) is 30.0. The van der Waals surface area contributed by atoms with Gasteiger partial charge in [-0.05, 0) is 73.5 Å². The molecule has 1 aliphatic heterocycles. The van der Waals surface area contributed by atoms with Gasteiger partial charge in [0.25, 0.3) is 11.8 Å². The fraction of sp³-hybridized carbons (Fsp3) is 0.310. The molecule has 2 N–H and O–H groups in total. The zero-order valence-electron chi connectivity index (χ0n) is 21.0. The van der Waals surface area contributed by atoms with Crippen LogP contribution in [-0.4, -0.2) is 57.0 Å². The number of carbonyl (C=O) groups excluding carboxylic acids is 2. The monoisotopic (exact) mass is 470 g/mol. The molecule has 0 radical (unpaired) electrons. The van der Waals surface area contributed by atoms with Crippen LogP contribution in [0.2, 0.25) is 0 Å². The van der Waals surface area contributed by atoms with Crippen LogP contribution < -0.4 is 15.5 Å². The Hall–Kier alpha value is -3.64. The SMILES string of the molecule is CNC(=O)c1cccc(-c2cccc([C@@H](C)NC(=O)c3cc(N4CCN(C)CC4)ccc3C)c2)c1. The molecular formula is C29H34N4O2. The van der Waals surface area contributed by atoms with Gasteiger partial charge in [-0.15, -0.1) is 0 Å². The highest BCUT2D eigenvalue weighted by Gasteiger charge is 2.19. The minimum absolute atomic E-state index is 0.0713. The molecule has 2 amide bonds. The molecule has 1 heterocycles. The van der Waals surface area contributed by atoms with Crippen LogP contribution in [0, 0.1) is 6.92 Å². The van der Waals surface area contributed by atoms with Gasteiger partial charge in [0.1, 0.15) is 0 Å². The van der Waals surface area contributed by atoms with Crippen LogP contribution in [-0.2, 0) is 0 Å². The Bertz CT molecular complexity index is 1210. The van der Waals surface area contributed by atoms with Crippen LogP contribution in [0.1, 0.15) is 44.8 Å². The number of anilines is 1. The van der Waals surface area contributed by atoms with Crippen LogP contribution in [0.25, 0.3) is 11.1 Å². The third-order valence-corrected chi connectivity index (χ3v) is 6.75. The Morgan fingerprint density at radius 1 is 0.857 bits per heavy atom. The zero-order chi connectivity index (χ0) is 24.9. The van der Waals surface area contributed by atoms with E-state index in [4.69, 9.17) is 0 Å². The van der Waals surface area contributed by atoms with E-state index in [1.807, 2.05) is 62.4 Å². The van der Waals surface area contributed by atoms with Crippen molar-refractivity contribution in [2.45, 2.75) is 19.9 Å². The van der Waals surface area contributed by atoms with Crippen molar-refractivity contribution < 1.29 is 9.59 Å². The number of nitrogens with one attached hydrogen (secondary N) is 2. The van der Waals surface area contributed by atoms with Crippen molar-refractivity contribution in [1.29, 1.82) is 0 Å². The van der Waals surface area contributed by atoms with E-state index in [9.17, 15) is 9.59 Å². The lowest BCUT2D eigenvalue weighted by Gasteiger charge is -2.34. The van der Waals surface area contributed by atoms with Gasteiger partial charge in [-0.3, -0.25) is 9.59 Å². The summed E-state index contributed by atoms with van der Waals surface area (Å²) in [5, 5.41) is 5.84. The number of likely N-dealkylation sites (N-methyl/N-ethyl adjacent to an activating group) is 1. The highest BCUT2D eigenvalue weighted by Crippen LogP contribution is 2.26. The predicted molar refractivity (Wildman–Crippen MR) is 142 cm³/mol. The summed E-state index contributed by atoms with van der Waals surface area (Å²) >= 11 is 0. The average molecular weight is 471 g/mol. The van der Waals surface area contributed by atoms with Gasteiger partial charge in [0.15, 0.2) is 0 Å².